The van der Waals surface area contributed by atoms with E-state index in [9.17, 15) is 0 Å². The maximum Gasteiger partial charge on any atom is 0.231 e. The smallest absolute Gasteiger partial charge is 0.231 e. The number of fused-ring (bicyclic) bond motifs is 7. The van der Waals surface area contributed by atoms with Gasteiger partial charge in [-0.05, 0) is 28.3 Å². The SMILES string of the molecule is c1ccc2c(c1)c1cc3c(cc1c1cncnc21)OCO3. The van der Waals surface area contributed by atoms with Crippen LogP contribution in [-0.2, 0) is 0 Å². The lowest BCUT2D eigenvalue weighted by Gasteiger charge is -2.09. The molecule has 0 saturated carbocycles. The van der Waals surface area contributed by atoms with Gasteiger partial charge in [-0.2, -0.15) is 0 Å². The van der Waals surface area contributed by atoms with Crippen LogP contribution in [0.15, 0.2) is 48.9 Å². The lowest BCUT2D eigenvalue weighted by molar-refractivity contribution is 0.174. The van der Waals surface area contributed by atoms with Crippen molar-refractivity contribution in [3.8, 4) is 11.5 Å². The molecular weight excluding hydrogens is 264 g/mol. The first-order valence-electron chi connectivity index (χ1n) is 6.75. The maximum absolute atomic E-state index is 5.51. The molecule has 1 aliphatic heterocycles. The third kappa shape index (κ3) is 1.39. The molecule has 0 atom stereocenters. The van der Waals surface area contributed by atoms with E-state index in [1.807, 2.05) is 30.5 Å². The average molecular weight is 274 g/mol. The molecule has 2 heterocycles. The summed E-state index contributed by atoms with van der Waals surface area (Å²) < 4.78 is 11.0. The maximum atomic E-state index is 5.51. The molecular formula is C17H10N2O2. The van der Waals surface area contributed by atoms with Gasteiger partial charge in [0.15, 0.2) is 11.5 Å². The standard InChI is InChI=1S/C17H10N2O2/c1-2-4-11-10(3-1)12-5-15-16(21-9-20-15)6-13(12)14-7-18-8-19-17(11)14/h1-8H,9H2. The van der Waals surface area contributed by atoms with Gasteiger partial charge in [-0.15, -0.1) is 0 Å². The minimum Gasteiger partial charge on any atom is -0.454 e. The van der Waals surface area contributed by atoms with Crippen LogP contribution in [0.4, 0.5) is 0 Å². The van der Waals surface area contributed by atoms with Crippen molar-refractivity contribution in [3.63, 3.8) is 0 Å². The van der Waals surface area contributed by atoms with Crippen LogP contribution < -0.4 is 9.47 Å². The lowest BCUT2D eigenvalue weighted by Crippen LogP contribution is -1.92. The summed E-state index contributed by atoms with van der Waals surface area (Å²) in [5, 5.41) is 5.55. The third-order valence-electron chi connectivity index (χ3n) is 3.99. The van der Waals surface area contributed by atoms with Crippen molar-refractivity contribution in [1.82, 2.24) is 9.97 Å². The van der Waals surface area contributed by atoms with E-state index in [0.29, 0.717) is 0 Å². The van der Waals surface area contributed by atoms with E-state index in [1.54, 1.807) is 6.33 Å². The van der Waals surface area contributed by atoms with Gasteiger partial charge in [0.25, 0.3) is 0 Å². The summed E-state index contributed by atoms with van der Waals surface area (Å²) in [7, 11) is 0. The van der Waals surface area contributed by atoms with Crippen LogP contribution in [0.5, 0.6) is 11.5 Å². The predicted octanol–water partition coefficient (Wildman–Crippen LogP) is 3.66. The normalized spacial score (nSPS) is 13.3. The number of hydrogen-bond acceptors (Lipinski definition) is 4. The Morgan fingerprint density at radius 2 is 1.52 bits per heavy atom. The second kappa shape index (κ2) is 3.82. The molecule has 1 aromatic heterocycles. The fourth-order valence-electron chi connectivity index (χ4n) is 3.05. The van der Waals surface area contributed by atoms with Gasteiger partial charge in [-0.3, -0.25) is 0 Å². The molecule has 4 heteroatoms. The van der Waals surface area contributed by atoms with E-state index in [0.717, 1.165) is 43.9 Å². The molecule has 4 aromatic rings. The molecule has 5 rings (SSSR count). The summed E-state index contributed by atoms with van der Waals surface area (Å²) in [4.78, 5) is 8.65. The van der Waals surface area contributed by atoms with Crippen LogP contribution in [0.25, 0.3) is 32.4 Å². The van der Waals surface area contributed by atoms with Crippen molar-refractivity contribution in [1.29, 1.82) is 0 Å². The molecule has 0 spiro atoms. The number of ether oxygens (including phenoxy) is 2. The van der Waals surface area contributed by atoms with Crippen molar-refractivity contribution >= 4 is 32.4 Å². The highest BCUT2D eigenvalue weighted by molar-refractivity contribution is 6.24. The first-order valence-corrected chi connectivity index (χ1v) is 6.75. The highest BCUT2D eigenvalue weighted by atomic mass is 16.7. The van der Waals surface area contributed by atoms with Crippen molar-refractivity contribution in [2.24, 2.45) is 0 Å². The van der Waals surface area contributed by atoms with Crippen LogP contribution in [0, 0.1) is 0 Å². The monoisotopic (exact) mass is 274 g/mol. The summed E-state index contributed by atoms with van der Waals surface area (Å²) in [5.41, 5.74) is 0.965. The molecule has 0 N–H and O–H groups in total. The summed E-state index contributed by atoms with van der Waals surface area (Å²) in [6.45, 7) is 0.276. The zero-order valence-electron chi connectivity index (χ0n) is 11.0. The molecule has 1 aliphatic rings. The minimum absolute atomic E-state index is 0.276. The zero-order valence-corrected chi connectivity index (χ0v) is 11.0. The van der Waals surface area contributed by atoms with Crippen molar-refractivity contribution in [2.75, 3.05) is 6.79 Å². The van der Waals surface area contributed by atoms with Crippen LogP contribution >= 0.6 is 0 Å². The molecule has 0 bridgehead atoms. The third-order valence-corrected chi connectivity index (χ3v) is 3.99. The number of nitrogens with zero attached hydrogens (tertiary/aromatic N) is 2. The van der Waals surface area contributed by atoms with Gasteiger partial charge in [0.2, 0.25) is 6.79 Å². The van der Waals surface area contributed by atoms with Gasteiger partial charge in [-0.25, -0.2) is 9.97 Å². The van der Waals surface area contributed by atoms with Gasteiger partial charge < -0.3 is 9.47 Å². The number of hydrogen-bond donors (Lipinski definition) is 0. The quantitative estimate of drug-likeness (QED) is 0.459. The highest BCUT2D eigenvalue weighted by Gasteiger charge is 2.17. The first kappa shape index (κ1) is 10.9. The summed E-state index contributed by atoms with van der Waals surface area (Å²) in [6.07, 6.45) is 3.45. The molecule has 0 radical (unpaired) electrons. The molecule has 4 nitrogen and oxygen atoms in total. The Kier molecular flexibility index (Phi) is 1.98. The summed E-state index contributed by atoms with van der Waals surface area (Å²) in [6, 6.07) is 12.3. The largest absolute Gasteiger partial charge is 0.454 e. The van der Waals surface area contributed by atoms with E-state index in [-0.39, 0.29) is 6.79 Å². The second-order valence-corrected chi connectivity index (χ2v) is 5.08. The summed E-state index contributed by atoms with van der Waals surface area (Å²) in [5.74, 6) is 1.58. The van der Waals surface area contributed by atoms with Gasteiger partial charge in [0.05, 0.1) is 5.52 Å². The van der Waals surface area contributed by atoms with Crippen LogP contribution in [0.3, 0.4) is 0 Å². The summed E-state index contributed by atoms with van der Waals surface area (Å²) >= 11 is 0. The van der Waals surface area contributed by atoms with Gasteiger partial charge in [0.1, 0.15) is 6.33 Å². The highest BCUT2D eigenvalue weighted by Crippen LogP contribution is 2.41. The Balaban J connectivity index is 2.12. The molecule has 0 fully saturated rings. The molecule has 21 heavy (non-hydrogen) atoms. The van der Waals surface area contributed by atoms with E-state index in [2.05, 4.69) is 22.1 Å². The van der Waals surface area contributed by atoms with Gasteiger partial charge in [-0.1, -0.05) is 24.3 Å². The second-order valence-electron chi connectivity index (χ2n) is 5.08. The van der Waals surface area contributed by atoms with Gasteiger partial charge >= 0.3 is 0 Å². The van der Waals surface area contributed by atoms with E-state index in [4.69, 9.17) is 9.47 Å². The van der Waals surface area contributed by atoms with Crippen LogP contribution in [0.2, 0.25) is 0 Å². The fraction of sp³-hybridized carbons (Fsp3) is 0.0588. The Bertz CT molecular complexity index is 945. The molecule has 0 amide bonds. The van der Waals surface area contributed by atoms with Crippen molar-refractivity contribution in [2.45, 2.75) is 0 Å². The number of benzene rings is 3. The van der Waals surface area contributed by atoms with E-state index in [1.165, 1.54) is 0 Å². The molecule has 0 saturated heterocycles. The van der Waals surface area contributed by atoms with Crippen LogP contribution in [-0.4, -0.2) is 16.8 Å². The van der Waals surface area contributed by atoms with E-state index < -0.39 is 0 Å². The minimum atomic E-state index is 0.276. The van der Waals surface area contributed by atoms with Crippen molar-refractivity contribution < 1.29 is 9.47 Å². The Hall–Kier alpha value is -2.88. The lowest BCUT2D eigenvalue weighted by atomic mass is 9.97. The molecule has 100 valence electrons. The first-order chi connectivity index (χ1) is 10.4. The Labute approximate surface area is 120 Å². The van der Waals surface area contributed by atoms with Gasteiger partial charge in [0, 0.05) is 17.0 Å². The molecule has 3 aromatic carbocycles. The number of aromatic nitrogens is 2. The molecule has 0 unspecified atom stereocenters. The fourth-order valence-corrected chi connectivity index (χ4v) is 3.05. The van der Waals surface area contributed by atoms with Crippen LogP contribution in [0.1, 0.15) is 0 Å². The van der Waals surface area contributed by atoms with E-state index >= 15 is 0 Å². The Morgan fingerprint density at radius 1 is 0.810 bits per heavy atom. The predicted molar refractivity (Wildman–Crippen MR) is 80.7 cm³/mol. The molecule has 0 aliphatic carbocycles. The Morgan fingerprint density at radius 3 is 2.33 bits per heavy atom. The topological polar surface area (TPSA) is 44.2 Å². The zero-order chi connectivity index (χ0) is 13.8. The average Bonchev–Trinajstić information content (AvgIpc) is 3.01. The number of rotatable bonds is 0. The van der Waals surface area contributed by atoms with Crippen molar-refractivity contribution in [3.05, 3.63) is 48.9 Å².